The number of aliphatic hydroxyl groups excluding tert-OH is 1. The van der Waals surface area contributed by atoms with E-state index in [9.17, 15) is 5.11 Å². The summed E-state index contributed by atoms with van der Waals surface area (Å²) < 4.78 is 0. The normalized spacial score (nSPS) is 19.9. The lowest BCUT2D eigenvalue weighted by Gasteiger charge is -2.29. The van der Waals surface area contributed by atoms with E-state index in [-0.39, 0.29) is 6.10 Å². The fourth-order valence-electron chi connectivity index (χ4n) is 3.91. The van der Waals surface area contributed by atoms with Crippen molar-refractivity contribution < 1.29 is 5.11 Å². The second-order valence-corrected chi connectivity index (χ2v) is 8.39. The van der Waals surface area contributed by atoms with Crippen LogP contribution in [0.1, 0.15) is 81.1 Å². The second kappa shape index (κ2) is 9.82. The average Bonchev–Trinajstić information content (AvgIpc) is 2.24. The zero-order valence-electron chi connectivity index (χ0n) is 15.3. The summed E-state index contributed by atoms with van der Waals surface area (Å²) in [6.07, 6.45) is 4.72. The van der Waals surface area contributed by atoms with E-state index in [0.29, 0.717) is 11.8 Å². The van der Waals surface area contributed by atoms with Gasteiger partial charge in [0.2, 0.25) is 0 Å². The summed E-state index contributed by atoms with van der Waals surface area (Å²) in [5.41, 5.74) is 0. The SMILES string of the molecule is CC(C)CC(C)CC(C)C(O)C(C)CC(C)CC(C)C. The third-order valence-corrected chi connectivity index (χ3v) is 4.46. The molecule has 4 unspecified atom stereocenters. The minimum atomic E-state index is -0.140. The average molecular weight is 285 g/mol. The highest BCUT2D eigenvalue weighted by Gasteiger charge is 2.24. The van der Waals surface area contributed by atoms with Gasteiger partial charge >= 0.3 is 0 Å². The first-order chi connectivity index (χ1) is 9.13. The van der Waals surface area contributed by atoms with Crippen LogP contribution < -0.4 is 0 Å². The molecule has 0 aromatic carbocycles. The Morgan fingerprint density at radius 3 is 1.10 bits per heavy atom. The standard InChI is InChI=1S/C19H40O/c1-13(2)9-15(5)11-17(7)19(20)18(8)12-16(6)10-14(3)4/h13-20H,9-12H2,1-8H3. The highest BCUT2D eigenvalue weighted by molar-refractivity contribution is 4.75. The second-order valence-electron chi connectivity index (χ2n) is 8.39. The summed E-state index contributed by atoms with van der Waals surface area (Å²) in [5, 5.41) is 10.6. The van der Waals surface area contributed by atoms with Gasteiger partial charge in [0.1, 0.15) is 0 Å². The van der Waals surface area contributed by atoms with Crippen LogP contribution in [0.25, 0.3) is 0 Å². The van der Waals surface area contributed by atoms with Crippen LogP contribution in [0.4, 0.5) is 0 Å². The van der Waals surface area contributed by atoms with Crippen LogP contribution >= 0.6 is 0 Å². The van der Waals surface area contributed by atoms with Crippen molar-refractivity contribution in [1.29, 1.82) is 0 Å². The first-order valence-corrected chi connectivity index (χ1v) is 8.81. The number of hydrogen-bond acceptors (Lipinski definition) is 1. The van der Waals surface area contributed by atoms with Crippen LogP contribution in [-0.4, -0.2) is 11.2 Å². The molecule has 0 bridgehead atoms. The third-order valence-electron chi connectivity index (χ3n) is 4.46. The van der Waals surface area contributed by atoms with Crippen LogP contribution in [-0.2, 0) is 0 Å². The van der Waals surface area contributed by atoms with Gasteiger partial charge in [0.15, 0.2) is 0 Å². The highest BCUT2D eigenvalue weighted by atomic mass is 16.3. The zero-order valence-corrected chi connectivity index (χ0v) is 15.3. The minimum absolute atomic E-state index is 0.140. The topological polar surface area (TPSA) is 20.2 Å². The molecule has 1 heteroatoms. The number of aliphatic hydroxyl groups is 1. The maximum Gasteiger partial charge on any atom is 0.0591 e. The highest BCUT2D eigenvalue weighted by Crippen LogP contribution is 2.28. The Morgan fingerprint density at radius 2 is 0.850 bits per heavy atom. The third kappa shape index (κ3) is 9.00. The van der Waals surface area contributed by atoms with Crippen molar-refractivity contribution in [3.05, 3.63) is 0 Å². The quantitative estimate of drug-likeness (QED) is 0.540. The Hall–Kier alpha value is -0.0400. The summed E-state index contributed by atoms with van der Waals surface area (Å²) in [7, 11) is 0. The van der Waals surface area contributed by atoms with E-state index in [1.807, 2.05) is 0 Å². The van der Waals surface area contributed by atoms with E-state index >= 15 is 0 Å². The lowest BCUT2D eigenvalue weighted by atomic mass is 9.80. The van der Waals surface area contributed by atoms with E-state index < -0.39 is 0 Å². The summed E-state index contributed by atoms with van der Waals surface area (Å²) in [6, 6.07) is 0. The van der Waals surface area contributed by atoms with Crippen LogP contribution in [0.3, 0.4) is 0 Å². The van der Waals surface area contributed by atoms with Gasteiger partial charge in [-0.1, -0.05) is 55.4 Å². The predicted octanol–water partition coefficient (Wildman–Crippen LogP) is 5.76. The monoisotopic (exact) mass is 284 g/mol. The van der Waals surface area contributed by atoms with Gasteiger partial charge in [0.05, 0.1) is 6.10 Å². The molecule has 0 aliphatic rings. The van der Waals surface area contributed by atoms with Gasteiger partial charge in [0, 0.05) is 0 Å². The van der Waals surface area contributed by atoms with Crippen molar-refractivity contribution in [3.63, 3.8) is 0 Å². The molecule has 0 saturated heterocycles. The fraction of sp³-hybridized carbons (Fsp3) is 1.00. The van der Waals surface area contributed by atoms with Gasteiger partial charge in [-0.2, -0.15) is 0 Å². The van der Waals surface area contributed by atoms with E-state index in [0.717, 1.165) is 36.5 Å². The van der Waals surface area contributed by atoms with Crippen molar-refractivity contribution in [2.75, 3.05) is 0 Å². The maximum absolute atomic E-state index is 10.6. The van der Waals surface area contributed by atoms with Crippen LogP contribution in [0.5, 0.6) is 0 Å². The molecule has 122 valence electrons. The Bertz CT molecular complexity index is 210. The smallest absolute Gasteiger partial charge is 0.0591 e. The Morgan fingerprint density at radius 1 is 0.550 bits per heavy atom. The van der Waals surface area contributed by atoms with Crippen LogP contribution in [0, 0.1) is 35.5 Å². The Kier molecular flexibility index (Phi) is 9.80. The molecule has 0 aliphatic heterocycles. The first-order valence-electron chi connectivity index (χ1n) is 8.81. The lowest BCUT2D eigenvalue weighted by molar-refractivity contribution is 0.0428. The summed E-state index contributed by atoms with van der Waals surface area (Å²) in [4.78, 5) is 0. The van der Waals surface area contributed by atoms with Crippen molar-refractivity contribution >= 4 is 0 Å². The summed E-state index contributed by atoms with van der Waals surface area (Å²) in [6.45, 7) is 18.3. The molecule has 0 amide bonds. The molecule has 0 radical (unpaired) electrons. The van der Waals surface area contributed by atoms with Crippen molar-refractivity contribution in [2.45, 2.75) is 87.2 Å². The van der Waals surface area contributed by atoms with Crippen molar-refractivity contribution in [1.82, 2.24) is 0 Å². The van der Waals surface area contributed by atoms with Crippen LogP contribution in [0.2, 0.25) is 0 Å². The van der Waals surface area contributed by atoms with E-state index in [1.165, 1.54) is 12.8 Å². The zero-order chi connectivity index (χ0) is 15.9. The maximum atomic E-state index is 10.6. The van der Waals surface area contributed by atoms with Crippen molar-refractivity contribution in [3.8, 4) is 0 Å². The molecule has 0 heterocycles. The van der Waals surface area contributed by atoms with E-state index in [4.69, 9.17) is 0 Å². The molecule has 1 nitrogen and oxygen atoms in total. The molecule has 0 saturated carbocycles. The molecule has 0 spiro atoms. The molecule has 20 heavy (non-hydrogen) atoms. The van der Waals surface area contributed by atoms with Gasteiger partial charge in [0.25, 0.3) is 0 Å². The molecule has 1 N–H and O–H groups in total. The van der Waals surface area contributed by atoms with Gasteiger partial charge < -0.3 is 5.11 Å². The first kappa shape index (κ1) is 20.0. The van der Waals surface area contributed by atoms with Gasteiger partial charge in [-0.3, -0.25) is 0 Å². The molecule has 0 fully saturated rings. The molecule has 0 rings (SSSR count). The van der Waals surface area contributed by atoms with E-state index in [1.54, 1.807) is 0 Å². The molecule has 4 atom stereocenters. The molecule has 0 aromatic rings. The van der Waals surface area contributed by atoms with Gasteiger partial charge in [-0.15, -0.1) is 0 Å². The summed E-state index contributed by atoms with van der Waals surface area (Å²) >= 11 is 0. The molecular weight excluding hydrogens is 244 g/mol. The van der Waals surface area contributed by atoms with Gasteiger partial charge in [-0.05, 0) is 61.2 Å². The van der Waals surface area contributed by atoms with Crippen molar-refractivity contribution in [2.24, 2.45) is 35.5 Å². The Balaban J connectivity index is 4.17. The minimum Gasteiger partial charge on any atom is -0.393 e. The summed E-state index contributed by atoms with van der Waals surface area (Å²) in [5.74, 6) is 3.81. The molecule has 0 aromatic heterocycles. The molecular formula is C19H40O. The van der Waals surface area contributed by atoms with Gasteiger partial charge in [-0.25, -0.2) is 0 Å². The predicted molar refractivity (Wildman–Crippen MR) is 90.8 cm³/mol. The van der Waals surface area contributed by atoms with E-state index in [2.05, 4.69) is 55.4 Å². The Labute approximate surface area is 128 Å². The fourth-order valence-corrected chi connectivity index (χ4v) is 3.91. The largest absolute Gasteiger partial charge is 0.393 e. The number of hydrogen-bond donors (Lipinski definition) is 1. The van der Waals surface area contributed by atoms with Crippen LogP contribution in [0.15, 0.2) is 0 Å². The lowest BCUT2D eigenvalue weighted by Crippen LogP contribution is -2.28. The number of rotatable bonds is 10. The molecule has 0 aliphatic carbocycles.